The van der Waals surface area contributed by atoms with E-state index in [9.17, 15) is 19.2 Å². The van der Waals surface area contributed by atoms with Crippen LogP contribution in [0.4, 0.5) is 0 Å². The van der Waals surface area contributed by atoms with Crippen molar-refractivity contribution in [3.8, 4) is 5.75 Å². The highest BCUT2D eigenvalue weighted by atomic mass is 16.5. The quantitative estimate of drug-likeness (QED) is 0.531. The number of benzene rings is 1. The van der Waals surface area contributed by atoms with Crippen LogP contribution in [0.2, 0.25) is 0 Å². The van der Waals surface area contributed by atoms with Crippen molar-refractivity contribution < 1.29 is 23.9 Å². The lowest BCUT2D eigenvalue weighted by atomic mass is 10.1. The summed E-state index contributed by atoms with van der Waals surface area (Å²) in [6.45, 7) is 2.12. The summed E-state index contributed by atoms with van der Waals surface area (Å²) in [5, 5.41) is 8.21. The van der Waals surface area contributed by atoms with E-state index in [1.807, 2.05) is 19.0 Å². The van der Waals surface area contributed by atoms with Crippen LogP contribution in [0.5, 0.6) is 5.75 Å². The summed E-state index contributed by atoms with van der Waals surface area (Å²) in [5.41, 5.74) is 0.254. The molecule has 1 aromatic carbocycles. The van der Waals surface area contributed by atoms with E-state index < -0.39 is 17.9 Å². The fraction of sp³-hybridized carbons (Fsp3) is 0.565. The molecule has 0 saturated carbocycles. The molecule has 10 heteroatoms. The normalized spacial score (nSPS) is 18.7. The van der Waals surface area contributed by atoms with Crippen molar-refractivity contribution in [3.63, 3.8) is 0 Å². The predicted molar refractivity (Wildman–Crippen MR) is 124 cm³/mol. The first-order valence-corrected chi connectivity index (χ1v) is 11.2. The summed E-state index contributed by atoms with van der Waals surface area (Å²) < 4.78 is 5.76. The number of fused-ring (bicyclic) bond motifs is 1. The fourth-order valence-electron chi connectivity index (χ4n) is 3.29. The molecule has 0 fully saturated rings. The minimum atomic E-state index is -1.04. The van der Waals surface area contributed by atoms with Crippen LogP contribution >= 0.6 is 0 Å². The summed E-state index contributed by atoms with van der Waals surface area (Å²) in [6, 6.07) is 5.64. The Morgan fingerprint density at radius 1 is 1.24 bits per heavy atom. The van der Waals surface area contributed by atoms with Crippen LogP contribution in [0.3, 0.4) is 0 Å². The number of nitrogens with one attached hydrogen (secondary N) is 3. The molecular weight excluding hydrogens is 426 g/mol. The van der Waals surface area contributed by atoms with Crippen LogP contribution < -0.4 is 20.7 Å². The molecule has 0 bridgehead atoms. The molecule has 2 rings (SSSR count). The van der Waals surface area contributed by atoms with E-state index in [0.717, 1.165) is 13.0 Å². The average Bonchev–Trinajstić information content (AvgIpc) is 2.78. The Bertz CT molecular complexity index is 829. The largest absolute Gasteiger partial charge is 0.491 e. The van der Waals surface area contributed by atoms with Crippen molar-refractivity contribution in [1.29, 1.82) is 0 Å². The Hall–Kier alpha value is -3.14. The van der Waals surface area contributed by atoms with Gasteiger partial charge in [-0.25, -0.2) is 0 Å². The molecule has 0 aliphatic carbocycles. The number of carbonyl (C=O) groups is 4. The zero-order chi connectivity index (χ0) is 24.2. The first kappa shape index (κ1) is 26.1. The molecule has 0 unspecified atom stereocenters. The summed E-state index contributed by atoms with van der Waals surface area (Å²) >= 11 is 0. The molecule has 3 N–H and O–H groups in total. The van der Waals surface area contributed by atoms with Crippen molar-refractivity contribution in [2.45, 2.75) is 31.7 Å². The minimum absolute atomic E-state index is 0.0547. The SMILES string of the molecule is CN(C)CCCNC(=O)[C@@H]1CC(=O)NCCCC(=O)N(C)CCOc2ccccc2C(=O)N1. The van der Waals surface area contributed by atoms with Crippen molar-refractivity contribution in [1.82, 2.24) is 25.8 Å². The van der Waals surface area contributed by atoms with Gasteiger partial charge in [-0.15, -0.1) is 0 Å². The molecule has 1 heterocycles. The highest BCUT2D eigenvalue weighted by Gasteiger charge is 2.25. The van der Waals surface area contributed by atoms with E-state index in [2.05, 4.69) is 16.0 Å². The lowest BCUT2D eigenvalue weighted by Gasteiger charge is -2.21. The molecule has 33 heavy (non-hydrogen) atoms. The molecule has 1 aliphatic rings. The molecule has 4 amide bonds. The van der Waals surface area contributed by atoms with Gasteiger partial charge in [0.2, 0.25) is 17.7 Å². The molecule has 1 aliphatic heterocycles. The van der Waals surface area contributed by atoms with Crippen molar-refractivity contribution in [2.24, 2.45) is 0 Å². The van der Waals surface area contributed by atoms with Gasteiger partial charge in [0.25, 0.3) is 5.91 Å². The lowest BCUT2D eigenvalue weighted by molar-refractivity contribution is -0.130. The van der Waals surface area contributed by atoms with Gasteiger partial charge in [0, 0.05) is 26.6 Å². The number of carbonyl (C=O) groups excluding carboxylic acids is 4. The van der Waals surface area contributed by atoms with Gasteiger partial charge in [-0.3, -0.25) is 19.2 Å². The third-order valence-corrected chi connectivity index (χ3v) is 5.22. The fourth-order valence-corrected chi connectivity index (χ4v) is 3.29. The van der Waals surface area contributed by atoms with Gasteiger partial charge >= 0.3 is 0 Å². The number of rotatable bonds is 5. The van der Waals surface area contributed by atoms with E-state index in [4.69, 9.17) is 4.74 Å². The monoisotopic (exact) mass is 461 g/mol. The molecule has 0 aromatic heterocycles. The first-order chi connectivity index (χ1) is 15.8. The molecule has 10 nitrogen and oxygen atoms in total. The van der Waals surface area contributed by atoms with Crippen LogP contribution in [-0.4, -0.2) is 93.4 Å². The number of likely N-dealkylation sites (N-methyl/N-ethyl adjacent to an activating group) is 1. The Morgan fingerprint density at radius 2 is 2.00 bits per heavy atom. The zero-order valence-corrected chi connectivity index (χ0v) is 19.7. The van der Waals surface area contributed by atoms with E-state index in [0.29, 0.717) is 38.2 Å². The van der Waals surface area contributed by atoms with Gasteiger partial charge in [-0.05, 0) is 45.6 Å². The number of hydrogen-bond donors (Lipinski definition) is 3. The predicted octanol–water partition coefficient (Wildman–Crippen LogP) is -0.00980. The highest BCUT2D eigenvalue weighted by Crippen LogP contribution is 2.18. The number of amides is 4. The van der Waals surface area contributed by atoms with Crippen LogP contribution in [0, 0.1) is 0 Å². The molecule has 1 aromatic rings. The lowest BCUT2D eigenvalue weighted by Crippen LogP contribution is -2.49. The Labute approximate surface area is 195 Å². The third-order valence-electron chi connectivity index (χ3n) is 5.22. The zero-order valence-electron chi connectivity index (χ0n) is 19.7. The molecule has 0 saturated heterocycles. The summed E-state index contributed by atoms with van der Waals surface area (Å²) in [6.07, 6.45) is 1.30. The Kier molecular flexibility index (Phi) is 10.6. The second-order valence-corrected chi connectivity index (χ2v) is 8.29. The van der Waals surface area contributed by atoms with Crippen LogP contribution in [0.1, 0.15) is 36.0 Å². The van der Waals surface area contributed by atoms with Gasteiger partial charge in [-0.1, -0.05) is 12.1 Å². The minimum Gasteiger partial charge on any atom is -0.491 e. The van der Waals surface area contributed by atoms with Crippen molar-refractivity contribution in [2.75, 3.05) is 53.9 Å². The van der Waals surface area contributed by atoms with E-state index >= 15 is 0 Å². The van der Waals surface area contributed by atoms with Crippen LogP contribution in [0.25, 0.3) is 0 Å². The van der Waals surface area contributed by atoms with Crippen molar-refractivity contribution >= 4 is 23.6 Å². The maximum atomic E-state index is 13.0. The maximum absolute atomic E-state index is 13.0. The second-order valence-electron chi connectivity index (χ2n) is 8.29. The van der Waals surface area contributed by atoms with Crippen molar-refractivity contribution in [3.05, 3.63) is 29.8 Å². The number of para-hydroxylation sites is 1. The average molecular weight is 462 g/mol. The second kappa shape index (κ2) is 13.4. The van der Waals surface area contributed by atoms with E-state index in [1.165, 1.54) is 0 Å². The number of ether oxygens (including phenoxy) is 1. The standard InChI is InChI=1S/C23H35N5O5/c1-27(2)13-7-12-25-23(32)18-16-20(29)24-11-6-10-21(30)28(3)14-15-33-19-9-5-4-8-17(19)22(31)26-18/h4-5,8-9,18H,6-7,10-16H2,1-3H3,(H,24,29)(H,25,32)(H,26,31)/t18-/m0/s1. The number of nitrogens with zero attached hydrogens (tertiary/aromatic N) is 2. The summed E-state index contributed by atoms with van der Waals surface area (Å²) in [7, 11) is 5.58. The molecule has 0 spiro atoms. The smallest absolute Gasteiger partial charge is 0.255 e. The van der Waals surface area contributed by atoms with E-state index in [1.54, 1.807) is 36.2 Å². The highest BCUT2D eigenvalue weighted by molar-refractivity contribution is 6.00. The van der Waals surface area contributed by atoms with E-state index in [-0.39, 0.29) is 30.4 Å². The molecule has 182 valence electrons. The topological polar surface area (TPSA) is 120 Å². The Morgan fingerprint density at radius 3 is 2.76 bits per heavy atom. The summed E-state index contributed by atoms with van der Waals surface area (Å²) in [5.74, 6) is -1.02. The van der Waals surface area contributed by atoms with Gasteiger partial charge in [0.15, 0.2) is 0 Å². The van der Waals surface area contributed by atoms with Crippen LogP contribution in [0.15, 0.2) is 24.3 Å². The van der Waals surface area contributed by atoms with Gasteiger partial charge in [-0.2, -0.15) is 0 Å². The third kappa shape index (κ3) is 9.09. The van der Waals surface area contributed by atoms with Gasteiger partial charge < -0.3 is 30.5 Å². The van der Waals surface area contributed by atoms with Gasteiger partial charge in [0.1, 0.15) is 18.4 Å². The van der Waals surface area contributed by atoms with Crippen LogP contribution in [-0.2, 0) is 14.4 Å². The molecule has 1 atom stereocenters. The first-order valence-electron chi connectivity index (χ1n) is 11.2. The molecule has 0 radical (unpaired) electrons. The maximum Gasteiger partial charge on any atom is 0.255 e. The Balaban J connectivity index is 2.16. The number of hydrogen-bond acceptors (Lipinski definition) is 6. The summed E-state index contributed by atoms with van der Waals surface area (Å²) in [4.78, 5) is 54.0. The molecular formula is C23H35N5O5. The van der Waals surface area contributed by atoms with Gasteiger partial charge in [0.05, 0.1) is 18.5 Å².